The quantitative estimate of drug-likeness (QED) is 0.542. The van der Waals surface area contributed by atoms with E-state index in [9.17, 15) is 0 Å². The lowest BCUT2D eigenvalue weighted by molar-refractivity contribution is -0.0133. The molecule has 1 aromatic rings. The highest BCUT2D eigenvalue weighted by Gasteiger charge is 2.16. The molecule has 0 N–H and O–H groups in total. The molecule has 0 heterocycles. The molecule has 0 aliphatic rings. The SMILES string of the molecule is CC(C)C(C)OC(CI)c1cccc(Cl)c1. The Kier molecular flexibility index (Phi) is 6.08. The predicted molar refractivity (Wildman–Crippen MR) is 78.5 cm³/mol. The Morgan fingerprint density at radius 3 is 2.50 bits per heavy atom. The summed E-state index contributed by atoms with van der Waals surface area (Å²) >= 11 is 8.34. The summed E-state index contributed by atoms with van der Waals surface area (Å²) in [6.45, 7) is 6.47. The van der Waals surface area contributed by atoms with Gasteiger partial charge in [0.25, 0.3) is 0 Å². The lowest BCUT2D eigenvalue weighted by Crippen LogP contribution is -2.19. The van der Waals surface area contributed by atoms with E-state index in [1.165, 1.54) is 0 Å². The minimum absolute atomic E-state index is 0.136. The Morgan fingerprint density at radius 2 is 2.00 bits per heavy atom. The maximum Gasteiger partial charge on any atom is 0.0918 e. The van der Waals surface area contributed by atoms with Crippen LogP contribution in [-0.2, 0) is 4.74 Å². The first-order valence-corrected chi connectivity index (χ1v) is 7.41. The van der Waals surface area contributed by atoms with Crippen molar-refractivity contribution in [3.63, 3.8) is 0 Å². The molecule has 0 radical (unpaired) electrons. The summed E-state index contributed by atoms with van der Waals surface area (Å²) in [6, 6.07) is 7.92. The normalized spacial score (nSPS) is 15.1. The number of ether oxygens (including phenoxy) is 1. The first-order valence-electron chi connectivity index (χ1n) is 5.51. The Morgan fingerprint density at radius 1 is 1.31 bits per heavy atom. The third-order valence-electron chi connectivity index (χ3n) is 2.68. The number of alkyl halides is 1. The van der Waals surface area contributed by atoms with Crippen LogP contribution in [0.4, 0.5) is 0 Å². The van der Waals surface area contributed by atoms with Crippen molar-refractivity contribution >= 4 is 34.2 Å². The molecule has 1 rings (SSSR count). The molecule has 1 nitrogen and oxygen atoms in total. The topological polar surface area (TPSA) is 9.23 Å². The summed E-state index contributed by atoms with van der Waals surface area (Å²) in [5, 5.41) is 0.771. The Bertz CT molecular complexity index is 327. The third kappa shape index (κ3) is 4.22. The monoisotopic (exact) mass is 352 g/mol. The molecule has 16 heavy (non-hydrogen) atoms. The first kappa shape index (κ1) is 14.3. The zero-order valence-electron chi connectivity index (χ0n) is 9.91. The molecule has 0 saturated heterocycles. The van der Waals surface area contributed by atoms with Crippen molar-refractivity contribution in [1.82, 2.24) is 0 Å². The van der Waals surface area contributed by atoms with E-state index in [1.54, 1.807) is 0 Å². The van der Waals surface area contributed by atoms with Gasteiger partial charge < -0.3 is 4.74 Å². The van der Waals surface area contributed by atoms with Gasteiger partial charge in [-0.2, -0.15) is 0 Å². The molecule has 2 unspecified atom stereocenters. The van der Waals surface area contributed by atoms with Crippen molar-refractivity contribution in [2.75, 3.05) is 4.43 Å². The number of rotatable bonds is 5. The van der Waals surface area contributed by atoms with E-state index < -0.39 is 0 Å². The maximum absolute atomic E-state index is 6.04. The maximum atomic E-state index is 6.04. The molecule has 1 aromatic carbocycles. The lowest BCUT2D eigenvalue weighted by Gasteiger charge is -2.23. The minimum Gasteiger partial charge on any atom is -0.370 e. The van der Waals surface area contributed by atoms with Crippen LogP contribution in [0.2, 0.25) is 5.02 Å². The fourth-order valence-electron chi connectivity index (χ4n) is 1.33. The van der Waals surface area contributed by atoms with Crippen LogP contribution in [0.3, 0.4) is 0 Å². The van der Waals surface area contributed by atoms with Crippen molar-refractivity contribution < 1.29 is 4.74 Å². The summed E-state index contributed by atoms with van der Waals surface area (Å²) in [5.41, 5.74) is 1.16. The van der Waals surface area contributed by atoms with Gasteiger partial charge in [-0.3, -0.25) is 0 Å². The Balaban J connectivity index is 2.74. The van der Waals surface area contributed by atoms with Crippen LogP contribution in [-0.4, -0.2) is 10.5 Å². The molecular formula is C13H18ClIO. The molecule has 0 aliphatic heterocycles. The molecule has 0 spiro atoms. The second-order valence-electron chi connectivity index (χ2n) is 4.28. The molecular weight excluding hydrogens is 334 g/mol. The number of halogens is 2. The van der Waals surface area contributed by atoms with E-state index in [2.05, 4.69) is 49.4 Å². The second-order valence-corrected chi connectivity index (χ2v) is 5.60. The molecule has 2 atom stereocenters. The molecule has 0 aliphatic carbocycles. The van der Waals surface area contributed by atoms with Crippen LogP contribution in [0.1, 0.15) is 32.4 Å². The summed E-state index contributed by atoms with van der Waals surface area (Å²) in [4.78, 5) is 0. The van der Waals surface area contributed by atoms with Gasteiger partial charge in [-0.1, -0.05) is 60.2 Å². The number of hydrogen-bond donors (Lipinski definition) is 0. The number of benzene rings is 1. The summed E-state index contributed by atoms with van der Waals surface area (Å²) in [5.74, 6) is 0.532. The molecule has 0 saturated carbocycles. The van der Waals surface area contributed by atoms with Gasteiger partial charge in [0.15, 0.2) is 0 Å². The smallest absolute Gasteiger partial charge is 0.0918 e. The van der Waals surface area contributed by atoms with Crippen molar-refractivity contribution in [3.8, 4) is 0 Å². The highest BCUT2D eigenvalue weighted by Crippen LogP contribution is 2.25. The fourth-order valence-corrected chi connectivity index (χ4v) is 2.24. The van der Waals surface area contributed by atoms with Gasteiger partial charge >= 0.3 is 0 Å². The Labute approximate surface area is 117 Å². The largest absolute Gasteiger partial charge is 0.370 e. The summed E-state index contributed by atoms with van der Waals surface area (Å²) in [6.07, 6.45) is 0.399. The van der Waals surface area contributed by atoms with Crippen LogP contribution >= 0.6 is 34.2 Å². The van der Waals surface area contributed by atoms with Gasteiger partial charge in [-0.25, -0.2) is 0 Å². The van der Waals surface area contributed by atoms with Gasteiger partial charge in [-0.15, -0.1) is 0 Å². The molecule has 90 valence electrons. The van der Waals surface area contributed by atoms with Crippen molar-refractivity contribution in [3.05, 3.63) is 34.9 Å². The van der Waals surface area contributed by atoms with Gasteiger partial charge in [0, 0.05) is 9.45 Å². The molecule has 0 fully saturated rings. The van der Waals surface area contributed by atoms with E-state index in [-0.39, 0.29) is 12.2 Å². The summed E-state index contributed by atoms with van der Waals surface area (Å²) < 4.78 is 6.98. The molecule has 0 amide bonds. The molecule has 0 aromatic heterocycles. The van der Waals surface area contributed by atoms with Crippen LogP contribution in [0.15, 0.2) is 24.3 Å². The Hall–Kier alpha value is 0.200. The average molecular weight is 353 g/mol. The molecule has 0 bridgehead atoms. The zero-order chi connectivity index (χ0) is 12.1. The standard InChI is InChI=1S/C13H18ClIO/c1-9(2)10(3)16-13(8-15)11-5-4-6-12(14)7-11/h4-7,9-10,13H,8H2,1-3H3. The highest BCUT2D eigenvalue weighted by molar-refractivity contribution is 14.1. The highest BCUT2D eigenvalue weighted by atomic mass is 127. The lowest BCUT2D eigenvalue weighted by atomic mass is 10.1. The van der Waals surface area contributed by atoms with Gasteiger partial charge in [0.2, 0.25) is 0 Å². The van der Waals surface area contributed by atoms with Crippen LogP contribution in [0.25, 0.3) is 0 Å². The van der Waals surface area contributed by atoms with E-state index in [4.69, 9.17) is 16.3 Å². The summed E-state index contributed by atoms with van der Waals surface area (Å²) in [7, 11) is 0. The van der Waals surface area contributed by atoms with Crippen molar-refractivity contribution in [2.45, 2.75) is 33.0 Å². The van der Waals surface area contributed by atoms with E-state index in [0.717, 1.165) is 15.0 Å². The van der Waals surface area contributed by atoms with Crippen molar-refractivity contribution in [2.24, 2.45) is 5.92 Å². The predicted octanol–water partition coefficient (Wildman–Crippen LogP) is 4.88. The van der Waals surface area contributed by atoms with Gasteiger partial charge in [0.05, 0.1) is 12.2 Å². The van der Waals surface area contributed by atoms with E-state index in [1.807, 2.05) is 18.2 Å². The van der Waals surface area contributed by atoms with Crippen LogP contribution < -0.4 is 0 Å². The van der Waals surface area contributed by atoms with E-state index in [0.29, 0.717) is 5.92 Å². The van der Waals surface area contributed by atoms with Crippen LogP contribution in [0.5, 0.6) is 0 Å². The average Bonchev–Trinajstić information content (AvgIpc) is 2.25. The van der Waals surface area contributed by atoms with Gasteiger partial charge in [-0.05, 0) is 30.5 Å². The first-order chi connectivity index (χ1) is 7.54. The second kappa shape index (κ2) is 6.82. The van der Waals surface area contributed by atoms with Gasteiger partial charge in [0.1, 0.15) is 0 Å². The fraction of sp³-hybridized carbons (Fsp3) is 0.538. The zero-order valence-corrected chi connectivity index (χ0v) is 12.8. The van der Waals surface area contributed by atoms with E-state index >= 15 is 0 Å². The minimum atomic E-state index is 0.136. The third-order valence-corrected chi connectivity index (χ3v) is 3.71. The van der Waals surface area contributed by atoms with Crippen molar-refractivity contribution in [1.29, 1.82) is 0 Å². The number of hydrogen-bond acceptors (Lipinski definition) is 1. The molecule has 3 heteroatoms. The van der Waals surface area contributed by atoms with Crippen LogP contribution in [0, 0.1) is 5.92 Å².